The number of halogens is 3. The molecule has 28 heteroatoms. The second kappa shape index (κ2) is 40.4. The third-order valence-electron chi connectivity index (χ3n) is 21.6. The molecule has 1 aliphatic carbocycles. The van der Waals surface area contributed by atoms with E-state index in [4.69, 9.17) is 54.0 Å². The molecule has 628 valence electrons. The molecule has 3 aromatic heterocycles. The Morgan fingerprint density at radius 2 is 0.856 bits per heavy atom. The van der Waals surface area contributed by atoms with Gasteiger partial charge in [0.25, 0.3) is 11.8 Å². The van der Waals surface area contributed by atoms with Crippen LogP contribution < -0.4 is 56.7 Å². The predicted octanol–water partition coefficient (Wildman–Crippen LogP) is 20.3. The predicted molar refractivity (Wildman–Crippen MR) is 477 cm³/mol. The van der Waals surface area contributed by atoms with Crippen molar-refractivity contribution in [2.45, 2.75) is 206 Å². The van der Waals surface area contributed by atoms with E-state index >= 15 is 0 Å². The fourth-order valence-corrected chi connectivity index (χ4v) is 16.8. The molecule has 0 spiro atoms. The summed E-state index contributed by atoms with van der Waals surface area (Å²) in [5.74, 6) is 5.42. The van der Waals surface area contributed by atoms with E-state index in [0.717, 1.165) is 143 Å². The van der Waals surface area contributed by atoms with Crippen LogP contribution in [0, 0.1) is 20.8 Å². The average Bonchev–Trinajstić information content (AvgIpc) is 1.67. The summed E-state index contributed by atoms with van der Waals surface area (Å²) >= 11 is 19.4. The lowest BCUT2D eigenvalue weighted by atomic mass is 9.86. The maximum absolute atomic E-state index is 13.3. The lowest BCUT2D eigenvalue weighted by Crippen LogP contribution is -2.35. The molecule has 24 nitrogen and oxygen atoms in total. The number of carbonyl (C=O) groups is 2. The van der Waals surface area contributed by atoms with Crippen LogP contribution in [0.15, 0.2) is 133 Å². The van der Waals surface area contributed by atoms with Crippen LogP contribution in [0.25, 0.3) is 0 Å². The number of amides is 2. The molecule has 118 heavy (non-hydrogen) atoms. The number of likely N-dealkylation sites (tertiary alicyclic amines) is 3. The molecule has 1 atom stereocenters. The van der Waals surface area contributed by atoms with E-state index in [1.54, 1.807) is 56.6 Å². The first kappa shape index (κ1) is 87.7. The zero-order valence-corrected chi connectivity index (χ0v) is 73.2. The van der Waals surface area contributed by atoms with Crippen molar-refractivity contribution >= 4 is 126 Å². The van der Waals surface area contributed by atoms with Crippen molar-refractivity contribution in [3.05, 3.63) is 187 Å². The summed E-state index contributed by atoms with van der Waals surface area (Å²) in [5.41, 5.74) is 12.7. The average molecular weight is 1680 g/mol. The number of ether oxygens (including phenoxy) is 3. The molecule has 7 heterocycles. The maximum Gasteiger partial charge on any atom is 0.255 e. The lowest BCUT2D eigenvalue weighted by molar-refractivity contribution is 0.0725. The first-order chi connectivity index (χ1) is 56.6. The molecule has 1 saturated carbocycles. The Kier molecular flexibility index (Phi) is 30.1. The first-order valence-corrected chi connectivity index (χ1v) is 44.1. The number of nitrogens with zero attached hydrogens (tertiary/aromatic N) is 9. The zero-order valence-electron chi connectivity index (χ0n) is 70.1. The Labute approximate surface area is 710 Å². The summed E-state index contributed by atoms with van der Waals surface area (Å²) in [4.78, 5) is 60.1. The third-order valence-corrected chi connectivity index (χ3v) is 24.7. The molecule has 5 aliphatic rings. The summed E-state index contributed by atoms with van der Waals surface area (Å²) in [6.07, 6.45) is 17.9. The zero-order chi connectivity index (χ0) is 83.9. The van der Waals surface area contributed by atoms with Crippen LogP contribution in [0.1, 0.15) is 204 Å². The van der Waals surface area contributed by atoms with Crippen LogP contribution in [-0.4, -0.2) is 154 Å². The van der Waals surface area contributed by atoms with Crippen LogP contribution >= 0.6 is 34.8 Å². The van der Waals surface area contributed by atoms with Gasteiger partial charge in [0.05, 0.1) is 92.3 Å². The van der Waals surface area contributed by atoms with Crippen molar-refractivity contribution < 1.29 is 32.2 Å². The van der Waals surface area contributed by atoms with Gasteiger partial charge in [0.1, 0.15) is 32.3 Å². The van der Waals surface area contributed by atoms with Gasteiger partial charge in [-0.3, -0.25) is 9.59 Å². The maximum atomic E-state index is 13.3. The number of piperidine rings is 4. The lowest BCUT2D eigenvalue weighted by Gasteiger charge is -2.30. The molecular weight excluding hydrogens is 1570 g/mol. The van der Waals surface area contributed by atoms with E-state index in [-0.39, 0.29) is 46.1 Å². The third kappa shape index (κ3) is 23.3. The molecule has 0 radical (unpaired) electrons. The van der Waals surface area contributed by atoms with Crippen molar-refractivity contribution in [3.63, 3.8) is 0 Å². The van der Waals surface area contributed by atoms with E-state index in [2.05, 4.69) is 149 Å². The molecule has 4 saturated heterocycles. The Balaban J connectivity index is 0.000000163. The van der Waals surface area contributed by atoms with Crippen LogP contribution in [0.2, 0.25) is 15.1 Å². The van der Waals surface area contributed by atoms with Gasteiger partial charge in [0.2, 0.25) is 17.8 Å². The van der Waals surface area contributed by atoms with E-state index < -0.39 is 15.1 Å². The molecular formula is C90H114Cl3N17O7S. The number of hydrogen-bond donors (Lipinski definition) is 8. The van der Waals surface area contributed by atoms with Crippen molar-refractivity contribution in [2.24, 2.45) is 0 Å². The minimum atomic E-state index is -3.52. The van der Waals surface area contributed by atoms with Crippen molar-refractivity contribution in [3.8, 4) is 17.2 Å². The molecule has 0 unspecified atom stereocenters. The summed E-state index contributed by atoms with van der Waals surface area (Å²) < 4.78 is 44.5. The highest BCUT2D eigenvalue weighted by atomic mass is 35.5. The van der Waals surface area contributed by atoms with E-state index in [1.165, 1.54) is 53.3 Å². The minimum Gasteiger partial charge on any atom is -0.489 e. The second-order valence-electron chi connectivity index (χ2n) is 32.5. The Morgan fingerprint density at radius 1 is 0.458 bits per heavy atom. The molecule has 0 bridgehead atoms. The highest BCUT2D eigenvalue weighted by Crippen LogP contribution is 2.43. The minimum absolute atomic E-state index is 0.0141. The number of hydrogen-bond acceptors (Lipinski definition) is 22. The van der Waals surface area contributed by atoms with Crippen LogP contribution in [0.5, 0.6) is 17.2 Å². The van der Waals surface area contributed by atoms with Gasteiger partial charge in [0, 0.05) is 25.2 Å². The number of aryl methyl sites for hydroxylation is 3. The second-order valence-corrected chi connectivity index (χ2v) is 36.2. The topological polar surface area (TPSA) is 279 Å². The number of para-hydroxylation sites is 3. The highest BCUT2D eigenvalue weighted by Gasteiger charge is 2.30. The number of sulfone groups is 1. The van der Waals surface area contributed by atoms with Gasteiger partial charge in [-0.1, -0.05) is 77.6 Å². The first-order valence-electron chi connectivity index (χ1n) is 41.5. The number of carbonyl (C=O) groups excluding carboxylic acids is 2. The molecule has 5 fully saturated rings. The number of benzene rings is 6. The normalized spacial score (nSPS) is 16.3. The molecule has 2 amide bonds. The Bertz CT molecular complexity index is 5080. The monoisotopic (exact) mass is 1680 g/mol. The van der Waals surface area contributed by atoms with Gasteiger partial charge < -0.3 is 71.4 Å². The molecule has 6 aromatic carbocycles. The van der Waals surface area contributed by atoms with Crippen molar-refractivity contribution in [1.82, 2.24) is 55.2 Å². The summed E-state index contributed by atoms with van der Waals surface area (Å²) in [6, 6.07) is 34.9. The smallest absolute Gasteiger partial charge is 0.255 e. The van der Waals surface area contributed by atoms with Crippen LogP contribution in [0.4, 0.5) is 69.4 Å². The van der Waals surface area contributed by atoms with Crippen molar-refractivity contribution in [1.29, 1.82) is 0 Å². The molecule has 14 rings (SSSR count). The number of nitrogens with one attached hydrogen (secondary N) is 8. The summed E-state index contributed by atoms with van der Waals surface area (Å²) in [7, 11) is 0.844. The largest absolute Gasteiger partial charge is 0.489 e. The van der Waals surface area contributed by atoms with Crippen molar-refractivity contribution in [2.75, 3.05) is 91.8 Å². The number of rotatable bonds is 26. The SMILES string of the molecule is Cc1cc(Nc2ncc(Cl)c(Nc3ccccc3C(=O)N3CCCCC3)n2)c(OC(C)C)cc1C1CCN(C)CC1.Cc1cc(Nc2ncc(Cl)c(Nc3ccccc3C(=O)NC3CC3)n2)c(OC(C)C)cc1C1CCN(C)CC1.Cc1cc(Nc2ncc(Cl)c(Nc3ccccc3S(=O)(=O)C(C)C)n2)c(OC(C)C)cc1[C@@H]1CCCCN1. The fourth-order valence-electron chi connectivity index (χ4n) is 15.2. The van der Waals surface area contributed by atoms with E-state index in [0.29, 0.717) is 91.4 Å². The van der Waals surface area contributed by atoms with Gasteiger partial charge in [-0.05, 0) is 312 Å². The fraction of sp³-hybridized carbons (Fsp3) is 0.444. The van der Waals surface area contributed by atoms with Gasteiger partial charge in [-0.2, -0.15) is 15.0 Å². The quantitative estimate of drug-likeness (QED) is 0.0250. The highest BCUT2D eigenvalue weighted by molar-refractivity contribution is 7.92. The van der Waals surface area contributed by atoms with Crippen LogP contribution in [0.3, 0.4) is 0 Å². The number of aromatic nitrogens is 6. The van der Waals surface area contributed by atoms with E-state index in [1.807, 2.05) is 88.9 Å². The van der Waals surface area contributed by atoms with Gasteiger partial charge in [0.15, 0.2) is 27.3 Å². The van der Waals surface area contributed by atoms with Gasteiger partial charge >= 0.3 is 0 Å². The summed E-state index contributed by atoms with van der Waals surface area (Å²) in [6.45, 7) is 28.8. The Morgan fingerprint density at radius 3 is 1.28 bits per heavy atom. The van der Waals surface area contributed by atoms with Gasteiger partial charge in [-0.15, -0.1) is 0 Å². The van der Waals surface area contributed by atoms with Crippen LogP contribution in [-0.2, 0) is 9.84 Å². The Hall–Kier alpha value is -9.60. The molecule has 9 aromatic rings. The standard InChI is InChI=1S/C32H41ClN6O2.C30H37ClN6O2.C28H36ClN5O3S/c1-21(2)41-29-19-25(23-12-16-38(4)17-13-23)22(3)18-28(29)36-32-34-20-26(33)30(37-32)35-27-11-7-6-10-24(27)31(40)39-14-8-5-9-15-39;1-18(2)39-27-16-23(20-11-13-37(4)14-12-20)19(3)15-26(27)35-30-32-17-24(31)28(36-30)34-25-8-6-5-7-22(25)29(38)33-21-9-10-21;1-17(2)37-25-15-20(22-10-8-9-13-30-22)19(5)14-24(25)33-28-31-16-21(29)27(34-28)32-23-11-6-7-12-26(23)38(35,36)18(3)4/h6-7,10-11,18-21,23H,5,8-9,12-17H2,1-4H3,(H2,34,35,36,37);5-8,15-18,20-21H,9-14H2,1-4H3,(H,33,38)(H2,32,34,35,36);6-7,11-12,14-18,22,30H,8-10,13H2,1-5H3,(H2,31,32,33,34)/t;;22-/m..0/s1. The van der Waals surface area contributed by atoms with E-state index in [9.17, 15) is 18.0 Å². The summed E-state index contributed by atoms with van der Waals surface area (Å²) in [5, 5.41) is 26.7. The number of anilines is 12. The van der Waals surface area contributed by atoms with Gasteiger partial charge in [-0.25, -0.2) is 23.4 Å². The molecule has 8 N–H and O–H groups in total. The molecule has 4 aliphatic heterocycles.